The number of benzene rings is 1. The molecule has 3 rings (SSSR count). The van der Waals surface area contributed by atoms with Gasteiger partial charge < -0.3 is 10.4 Å². The van der Waals surface area contributed by atoms with Gasteiger partial charge in [-0.25, -0.2) is 0 Å². The third-order valence-electron chi connectivity index (χ3n) is 3.37. The number of hydrogen-bond acceptors (Lipinski definition) is 3. The zero-order valence-corrected chi connectivity index (χ0v) is 13.8. The summed E-state index contributed by atoms with van der Waals surface area (Å²) in [5.74, 6) is 0.127. The van der Waals surface area contributed by atoms with Gasteiger partial charge >= 0.3 is 0 Å². The number of phenols is 1. The quantitative estimate of drug-likeness (QED) is 0.531. The number of hydrogen-bond donors (Lipinski definition) is 2. The first kappa shape index (κ1) is 13.5. The topological polar surface area (TPSA) is 32.3 Å². The second-order valence-corrected chi connectivity index (χ2v) is 8.12. The molecule has 1 aliphatic carbocycles. The largest absolute Gasteiger partial charge is 0.506 e. The maximum atomic E-state index is 9.45. The van der Waals surface area contributed by atoms with E-state index >= 15 is 0 Å². The van der Waals surface area contributed by atoms with Crippen LogP contribution < -0.4 is 5.32 Å². The molecule has 2 nitrogen and oxygen atoms in total. The summed E-state index contributed by atoms with van der Waals surface area (Å²) < 4.78 is 1.35. The number of rotatable bonds is 2. The minimum atomic E-state index is 0.127. The molecule has 0 aliphatic heterocycles. The van der Waals surface area contributed by atoms with Crippen LogP contribution >= 0.6 is 45.5 Å². The van der Waals surface area contributed by atoms with Crippen molar-refractivity contribution in [3.8, 4) is 5.75 Å². The third kappa shape index (κ3) is 2.85. The van der Waals surface area contributed by atoms with E-state index in [-0.39, 0.29) is 5.75 Å². The number of thiophene rings is 1. The third-order valence-corrected chi connectivity index (χ3v) is 5.65. The predicted octanol–water partition coefficient (Wildman–Crippen LogP) is 5.20. The normalized spacial score (nSPS) is 18.1. The molecule has 100 valence electrons. The van der Waals surface area contributed by atoms with Crippen LogP contribution in [0.25, 0.3) is 0 Å². The Morgan fingerprint density at radius 2 is 2.21 bits per heavy atom. The molecular formula is C14H13ClINOS. The van der Waals surface area contributed by atoms with Crippen molar-refractivity contribution >= 4 is 51.2 Å². The minimum Gasteiger partial charge on any atom is -0.506 e. The molecule has 0 radical (unpaired) electrons. The van der Waals surface area contributed by atoms with Crippen molar-refractivity contribution in [3.63, 3.8) is 0 Å². The Balaban J connectivity index is 1.86. The van der Waals surface area contributed by atoms with Gasteiger partial charge in [-0.15, -0.1) is 11.3 Å². The van der Waals surface area contributed by atoms with Crippen LogP contribution in [0, 0.1) is 2.88 Å². The maximum Gasteiger partial charge on any atom is 0.134 e. The van der Waals surface area contributed by atoms with E-state index in [9.17, 15) is 5.11 Å². The number of fused-ring (bicyclic) bond motifs is 1. The van der Waals surface area contributed by atoms with E-state index < -0.39 is 0 Å². The summed E-state index contributed by atoms with van der Waals surface area (Å²) >= 11 is 10.2. The van der Waals surface area contributed by atoms with Gasteiger partial charge in [0.25, 0.3) is 0 Å². The van der Waals surface area contributed by atoms with Gasteiger partial charge in [0.1, 0.15) is 5.75 Å². The number of phenolic OH excluding ortho intramolecular Hbond substituents is 1. The average molecular weight is 406 g/mol. The van der Waals surface area contributed by atoms with Gasteiger partial charge in [0.15, 0.2) is 0 Å². The van der Waals surface area contributed by atoms with Crippen LogP contribution in [-0.2, 0) is 6.42 Å². The minimum absolute atomic E-state index is 0.127. The van der Waals surface area contributed by atoms with Gasteiger partial charge in [-0.1, -0.05) is 11.6 Å². The molecule has 0 amide bonds. The number of nitrogens with one attached hydrogen (secondary N) is 1. The Bertz CT molecular complexity index is 613. The highest BCUT2D eigenvalue weighted by atomic mass is 127. The maximum absolute atomic E-state index is 9.45. The molecule has 1 atom stereocenters. The highest BCUT2D eigenvalue weighted by molar-refractivity contribution is 14.1. The summed E-state index contributed by atoms with van der Waals surface area (Å²) in [6, 6.07) is 7.91. The van der Waals surface area contributed by atoms with Crippen molar-refractivity contribution in [3.05, 3.63) is 42.6 Å². The summed E-state index contributed by atoms with van der Waals surface area (Å²) in [5.41, 5.74) is 2.38. The van der Waals surface area contributed by atoms with E-state index in [2.05, 4.69) is 34.0 Å². The molecule has 5 heteroatoms. The molecular weight excluding hydrogens is 393 g/mol. The van der Waals surface area contributed by atoms with Gasteiger partial charge in [0.05, 0.1) is 13.9 Å². The van der Waals surface area contributed by atoms with Crippen molar-refractivity contribution in [2.75, 3.05) is 5.32 Å². The fourth-order valence-corrected chi connectivity index (χ4v) is 4.77. The highest BCUT2D eigenvalue weighted by Gasteiger charge is 2.22. The molecule has 0 bridgehead atoms. The van der Waals surface area contributed by atoms with Crippen molar-refractivity contribution in [1.82, 2.24) is 0 Å². The lowest BCUT2D eigenvalue weighted by molar-refractivity contribution is 0.475. The average Bonchev–Trinajstić information content (AvgIpc) is 2.75. The smallest absolute Gasteiger partial charge is 0.134 e. The van der Waals surface area contributed by atoms with Crippen molar-refractivity contribution in [2.45, 2.75) is 25.3 Å². The number of aromatic hydroxyl groups is 1. The summed E-state index contributed by atoms with van der Waals surface area (Å²) in [6.07, 6.45) is 3.54. The molecule has 1 aromatic carbocycles. The summed E-state index contributed by atoms with van der Waals surface area (Å²) in [5, 5.41) is 13.4. The zero-order valence-electron chi connectivity index (χ0n) is 10.1. The van der Waals surface area contributed by atoms with Crippen LogP contribution in [-0.4, -0.2) is 5.11 Å². The lowest BCUT2D eigenvalue weighted by Gasteiger charge is -2.24. The number of aryl methyl sites for hydroxylation is 1. The van der Waals surface area contributed by atoms with E-state index in [4.69, 9.17) is 11.6 Å². The van der Waals surface area contributed by atoms with Gasteiger partial charge in [-0.3, -0.25) is 0 Å². The first-order valence-corrected chi connectivity index (χ1v) is 8.44. The van der Waals surface area contributed by atoms with Crippen LogP contribution in [0.15, 0.2) is 24.3 Å². The molecule has 0 spiro atoms. The first-order chi connectivity index (χ1) is 9.13. The van der Waals surface area contributed by atoms with Crippen LogP contribution in [0.4, 0.5) is 5.69 Å². The van der Waals surface area contributed by atoms with E-state index in [1.807, 2.05) is 17.4 Å². The Kier molecular flexibility index (Phi) is 3.91. The Morgan fingerprint density at radius 1 is 1.37 bits per heavy atom. The fourth-order valence-electron chi connectivity index (χ4n) is 2.47. The monoisotopic (exact) mass is 405 g/mol. The second-order valence-electron chi connectivity index (χ2n) is 4.68. The molecule has 2 aromatic rings. The van der Waals surface area contributed by atoms with Crippen molar-refractivity contribution in [1.29, 1.82) is 0 Å². The number of halogens is 2. The molecule has 2 N–H and O–H groups in total. The van der Waals surface area contributed by atoms with Crippen LogP contribution in [0.1, 0.15) is 29.3 Å². The molecule has 1 aliphatic rings. The standard InChI is InChI=1S/C14H13ClINOS/c15-10-6-8(4-5-12(10)18)17-11-2-1-3-13-9(11)7-14(16)19-13/h4-7,11,17-18H,1-3H2. The second kappa shape index (κ2) is 5.50. The lowest BCUT2D eigenvalue weighted by Crippen LogP contribution is -2.15. The molecule has 0 saturated carbocycles. The van der Waals surface area contributed by atoms with Crippen molar-refractivity contribution < 1.29 is 5.11 Å². The molecule has 1 unspecified atom stereocenters. The van der Waals surface area contributed by atoms with Gasteiger partial charge in [0, 0.05) is 10.6 Å². The van der Waals surface area contributed by atoms with Gasteiger partial charge in [0.2, 0.25) is 0 Å². The predicted molar refractivity (Wildman–Crippen MR) is 89.5 cm³/mol. The molecule has 1 heterocycles. The van der Waals surface area contributed by atoms with E-state index in [0.717, 1.165) is 12.1 Å². The molecule has 19 heavy (non-hydrogen) atoms. The van der Waals surface area contributed by atoms with E-state index in [1.54, 1.807) is 12.1 Å². The molecule has 1 aromatic heterocycles. The highest BCUT2D eigenvalue weighted by Crippen LogP contribution is 2.38. The van der Waals surface area contributed by atoms with Crippen LogP contribution in [0.5, 0.6) is 5.75 Å². The van der Waals surface area contributed by atoms with Crippen LogP contribution in [0.2, 0.25) is 5.02 Å². The molecule has 0 saturated heterocycles. The van der Waals surface area contributed by atoms with E-state index in [0.29, 0.717) is 11.1 Å². The molecule has 0 fully saturated rings. The van der Waals surface area contributed by atoms with Crippen molar-refractivity contribution in [2.24, 2.45) is 0 Å². The van der Waals surface area contributed by atoms with Crippen LogP contribution in [0.3, 0.4) is 0 Å². The lowest BCUT2D eigenvalue weighted by atomic mass is 9.94. The summed E-state index contributed by atoms with van der Waals surface area (Å²) in [4.78, 5) is 1.50. The summed E-state index contributed by atoms with van der Waals surface area (Å²) in [7, 11) is 0. The zero-order chi connectivity index (χ0) is 13.4. The summed E-state index contributed by atoms with van der Waals surface area (Å²) in [6.45, 7) is 0. The fraction of sp³-hybridized carbons (Fsp3) is 0.286. The van der Waals surface area contributed by atoms with Gasteiger partial charge in [-0.2, -0.15) is 0 Å². The number of anilines is 1. The Hall–Kier alpha value is -0.460. The Morgan fingerprint density at radius 3 is 3.00 bits per heavy atom. The SMILES string of the molecule is Oc1ccc(NC2CCCc3sc(I)cc32)cc1Cl. The Labute approximate surface area is 134 Å². The first-order valence-electron chi connectivity index (χ1n) is 6.16. The van der Waals surface area contributed by atoms with E-state index in [1.165, 1.54) is 26.2 Å². The van der Waals surface area contributed by atoms with Gasteiger partial charge in [-0.05, 0) is 71.7 Å².